The van der Waals surface area contributed by atoms with Crippen molar-refractivity contribution in [2.45, 2.75) is 39.3 Å². The molecule has 2 rings (SSSR count). The Morgan fingerprint density at radius 3 is 2.60 bits per heavy atom. The minimum absolute atomic E-state index is 0.392. The lowest BCUT2D eigenvalue weighted by molar-refractivity contribution is 0.0959. The van der Waals surface area contributed by atoms with Crippen molar-refractivity contribution in [2.75, 3.05) is 6.61 Å². The van der Waals surface area contributed by atoms with Crippen molar-refractivity contribution in [3.05, 3.63) is 28.0 Å². The van der Waals surface area contributed by atoms with E-state index in [4.69, 9.17) is 17.0 Å². The SMILES string of the molecule is Cc1cc(=S)cc(C)n1C[C@H]1CCCO1. The van der Waals surface area contributed by atoms with Crippen molar-refractivity contribution in [1.82, 2.24) is 4.57 Å². The van der Waals surface area contributed by atoms with Crippen LogP contribution in [0.5, 0.6) is 0 Å². The molecule has 0 unspecified atom stereocenters. The van der Waals surface area contributed by atoms with Gasteiger partial charge in [-0.05, 0) is 38.8 Å². The first-order chi connectivity index (χ1) is 7.16. The lowest BCUT2D eigenvalue weighted by Gasteiger charge is -2.18. The van der Waals surface area contributed by atoms with Crippen molar-refractivity contribution in [3.8, 4) is 0 Å². The van der Waals surface area contributed by atoms with Gasteiger partial charge in [-0.1, -0.05) is 12.2 Å². The maximum absolute atomic E-state index is 5.65. The maximum Gasteiger partial charge on any atom is 0.0754 e. The van der Waals surface area contributed by atoms with Gasteiger partial charge in [-0.15, -0.1) is 0 Å². The van der Waals surface area contributed by atoms with Gasteiger partial charge in [0.05, 0.1) is 6.10 Å². The van der Waals surface area contributed by atoms with E-state index in [-0.39, 0.29) is 0 Å². The molecule has 15 heavy (non-hydrogen) atoms. The molecule has 0 saturated carbocycles. The molecule has 1 fully saturated rings. The van der Waals surface area contributed by atoms with Crippen LogP contribution < -0.4 is 0 Å². The van der Waals surface area contributed by atoms with E-state index in [0.29, 0.717) is 6.10 Å². The fourth-order valence-electron chi connectivity index (χ4n) is 2.17. The molecule has 1 aliphatic heterocycles. The van der Waals surface area contributed by atoms with E-state index < -0.39 is 0 Å². The molecule has 1 aromatic rings. The average Bonchev–Trinajstić information content (AvgIpc) is 2.63. The van der Waals surface area contributed by atoms with Crippen molar-refractivity contribution in [1.29, 1.82) is 0 Å². The quantitative estimate of drug-likeness (QED) is 0.715. The maximum atomic E-state index is 5.65. The topological polar surface area (TPSA) is 14.2 Å². The highest BCUT2D eigenvalue weighted by atomic mass is 32.1. The van der Waals surface area contributed by atoms with Crippen molar-refractivity contribution >= 4 is 12.2 Å². The molecule has 2 heterocycles. The molecule has 0 aliphatic carbocycles. The number of pyridine rings is 1. The van der Waals surface area contributed by atoms with Crippen LogP contribution in [-0.4, -0.2) is 17.3 Å². The standard InChI is InChI=1S/C12H17NOS/c1-9-6-12(15)7-10(2)13(9)8-11-4-3-5-14-11/h6-7,11H,3-5,8H2,1-2H3/t11-/m1/s1. The number of rotatable bonds is 2. The van der Waals surface area contributed by atoms with Gasteiger partial charge in [0.1, 0.15) is 0 Å². The second kappa shape index (κ2) is 4.45. The van der Waals surface area contributed by atoms with Gasteiger partial charge in [-0.2, -0.15) is 0 Å². The normalized spacial score (nSPS) is 20.8. The summed E-state index contributed by atoms with van der Waals surface area (Å²) in [7, 11) is 0. The van der Waals surface area contributed by atoms with Crippen LogP contribution in [0.4, 0.5) is 0 Å². The second-order valence-corrected chi connectivity index (χ2v) is 4.69. The summed E-state index contributed by atoms with van der Waals surface area (Å²) >= 11 is 5.18. The zero-order chi connectivity index (χ0) is 10.8. The Balaban J connectivity index is 2.23. The summed E-state index contributed by atoms with van der Waals surface area (Å²) in [5.74, 6) is 0. The van der Waals surface area contributed by atoms with Gasteiger partial charge < -0.3 is 9.30 Å². The predicted molar refractivity (Wildman–Crippen MR) is 63.7 cm³/mol. The molecule has 82 valence electrons. The van der Waals surface area contributed by atoms with Crippen LogP contribution in [0, 0.1) is 18.4 Å². The van der Waals surface area contributed by atoms with Crippen molar-refractivity contribution in [3.63, 3.8) is 0 Å². The minimum atomic E-state index is 0.392. The van der Waals surface area contributed by atoms with Crippen LogP contribution in [0.3, 0.4) is 0 Å². The van der Waals surface area contributed by atoms with Gasteiger partial charge in [0.15, 0.2) is 0 Å². The molecule has 0 radical (unpaired) electrons. The van der Waals surface area contributed by atoms with E-state index in [1.54, 1.807) is 0 Å². The fraction of sp³-hybridized carbons (Fsp3) is 0.583. The zero-order valence-electron chi connectivity index (χ0n) is 9.32. The monoisotopic (exact) mass is 223 g/mol. The molecule has 1 aromatic heterocycles. The fourth-order valence-corrected chi connectivity index (χ4v) is 2.51. The Morgan fingerprint density at radius 1 is 1.40 bits per heavy atom. The van der Waals surface area contributed by atoms with Gasteiger partial charge in [-0.25, -0.2) is 0 Å². The number of hydrogen-bond acceptors (Lipinski definition) is 2. The van der Waals surface area contributed by atoms with Crippen molar-refractivity contribution in [2.24, 2.45) is 0 Å². The summed E-state index contributed by atoms with van der Waals surface area (Å²) in [5.41, 5.74) is 2.46. The first kappa shape index (κ1) is 10.8. The highest BCUT2D eigenvalue weighted by Gasteiger charge is 2.16. The van der Waals surface area contributed by atoms with E-state index in [9.17, 15) is 0 Å². The number of aromatic nitrogens is 1. The molecular weight excluding hydrogens is 206 g/mol. The molecule has 0 spiro atoms. The van der Waals surface area contributed by atoms with Crippen LogP contribution in [0.25, 0.3) is 0 Å². The third kappa shape index (κ3) is 2.47. The molecule has 0 bridgehead atoms. The van der Waals surface area contributed by atoms with Crippen LogP contribution in [-0.2, 0) is 11.3 Å². The zero-order valence-corrected chi connectivity index (χ0v) is 10.1. The summed E-state index contributed by atoms with van der Waals surface area (Å²) in [4.78, 5) is 0. The molecule has 1 atom stereocenters. The highest BCUT2D eigenvalue weighted by molar-refractivity contribution is 7.71. The van der Waals surface area contributed by atoms with Crippen LogP contribution >= 0.6 is 12.2 Å². The molecule has 0 amide bonds. The first-order valence-corrected chi connectivity index (χ1v) is 5.87. The second-order valence-electron chi connectivity index (χ2n) is 4.22. The molecule has 3 heteroatoms. The van der Waals surface area contributed by atoms with Crippen molar-refractivity contribution < 1.29 is 4.74 Å². The van der Waals surface area contributed by atoms with Crippen LogP contribution in [0.2, 0.25) is 0 Å². The van der Waals surface area contributed by atoms with E-state index in [1.807, 2.05) is 0 Å². The summed E-state index contributed by atoms with van der Waals surface area (Å²) in [5, 5.41) is 0. The van der Waals surface area contributed by atoms with Gasteiger partial charge in [0, 0.05) is 29.0 Å². The van der Waals surface area contributed by atoms with E-state index in [1.165, 1.54) is 24.2 Å². The van der Waals surface area contributed by atoms with E-state index in [2.05, 4.69) is 30.5 Å². The van der Waals surface area contributed by atoms with Gasteiger partial charge >= 0.3 is 0 Å². The Morgan fingerprint density at radius 2 is 2.07 bits per heavy atom. The van der Waals surface area contributed by atoms with Crippen LogP contribution in [0.15, 0.2) is 12.1 Å². The molecular formula is C12H17NOS. The molecule has 0 aromatic carbocycles. The Hall–Kier alpha value is -0.670. The third-order valence-electron chi connectivity index (χ3n) is 2.96. The Bertz CT molecular complexity index is 378. The largest absolute Gasteiger partial charge is 0.376 e. The minimum Gasteiger partial charge on any atom is -0.376 e. The number of ether oxygens (including phenoxy) is 1. The van der Waals surface area contributed by atoms with E-state index >= 15 is 0 Å². The number of aryl methyl sites for hydroxylation is 2. The number of hydrogen-bond donors (Lipinski definition) is 0. The summed E-state index contributed by atoms with van der Waals surface area (Å²) in [6, 6.07) is 4.11. The third-order valence-corrected chi connectivity index (χ3v) is 3.20. The van der Waals surface area contributed by atoms with Crippen LogP contribution in [0.1, 0.15) is 24.2 Å². The molecule has 1 saturated heterocycles. The van der Waals surface area contributed by atoms with E-state index in [0.717, 1.165) is 17.7 Å². The summed E-state index contributed by atoms with van der Waals surface area (Å²) in [6.45, 7) is 6.10. The molecule has 0 N–H and O–H groups in total. The molecule has 1 aliphatic rings. The highest BCUT2D eigenvalue weighted by Crippen LogP contribution is 2.16. The molecule has 2 nitrogen and oxygen atoms in total. The summed E-state index contributed by atoms with van der Waals surface area (Å²) < 4.78 is 8.87. The Kier molecular flexibility index (Phi) is 3.22. The first-order valence-electron chi connectivity index (χ1n) is 5.46. The smallest absolute Gasteiger partial charge is 0.0754 e. The van der Waals surface area contributed by atoms with Gasteiger partial charge in [-0.3, -0.25) is 0 Å². The Labute approximate surface area is 95.9 Å². The lowest BCUT2D eigenvalue weighted by atomic mass is 10.2. The average molecular weight is 223 g/mol. The predicted octanol–water partition coefficient (Wildman–Crippen LogP) is 3.01. The lowest BCUT2D eigenvalue weighted by Crippen LogP contribution is -2.18. The summed E-state index contributed by atoms with van der Waals surface area (Å²) in [6.07, 6.45) is 2.77. The van der Waals surface area contributed by atoms with Gasteiger partial charge in [0.25, 0.3) is 0 Å². The number of nitrogens with zero attached hydrogens (tertiary/aromatic N) is 1. The van der Waals surface area contributed by atoms with Gasteiger partial charge in [0.2, 0.25) is 0 Å².